The predicted molar refractivity (Wildman–Crippen MR) is 116 cm³/mol. The molecule has 2 heterocycles. The molecule has 0 unspecified atom stereocenters. The molecule has 168 valence electrons. The number of alkyl carbamates (subject to hydrolysis) is 2. The van der Waals surface area contributed by atoms with Crippen molar-refractivity contribution in [1.29, 1.82) is 0 Å². The maximum absolute atomic E-state index is 12.4. The zero-order chi connectivity index (χ0) is 22.2. The van der Waals surface area contributed by atoms with Gasteiger partial charge in [-0.2, -0.15) is 0 Å². The Kier molecular flexibility index (Phi) is 7.37. The highest BCUT2D eigenvalue weighted by atomic mass is 16.6. The van der Waals surface area contributed by atoms with Gasteiger partial charge in [-0.1, -0.05) is 72.8 Å². The lowest BCUT2D eigenvalue weighted by Gasteiger charge is -2.25. The summed E-state index contributed by atoms with van der Waals surface area (Å²) >= 11 is 0. The molecule has 2 aromatic rings. The van der Waals surface area contributed by atoms with Crippen molar-refractivity contribution >= 4 is 12.2 Å². The van der Waals surface area contributed by atoms with Crippen molar-refractivity contribution in [3.63, 3.8) is 0 Å². The zero-order valence-corrected chi connectivity index (χ0v) is 17.5. The average molecular weight is 438 g/mol. The van der Waals surface area contributed by atoms with E-state index in [9.17, 15) is 9.59 Å². The van der Waals surface area contributed by atoms with E-state index in [-0.39, 0.29) is 19.3 Å². The molecule has 2 aliphatic heterocycles. The van der Waals surface area contributed by atoms with E-state index in [4.69, 9.17) is 18.9 Å². The molecule has 4 rings (SSSR count). The van der Waals surface area contributed by atoms with Crippen LogP contribution in [0.2, 0.25) is 0 Å². The molecule has 8 nitrogen and oxygen atoms in total. The van der Waals surface area contributed by atoms with Gasteiger partial charge in [0.05, 0.1) is 13.2 Å². The fraction of sp³-hybridized carbons (Fsp3) is 0.333. The Morgan fingerprint density at radius 1 is 0.938 bits per heavy atom. The Morgan fingerprint density at radius 2 is 1.66 bits per heavy atom. The number of nitrogens with one attached hydrogen (secondary N) is 2. The molecule has 0 radical (unpaired) electrons. The summed E-state index contributed by atoms with van der Waals surface area (Å²) < 4.78 is 22.6. The highest BCUT2D eigenvalue weighted by molar-refractivity contribution is 5.68. The van der Waals surface area contributed by atoms with Crippen molar-refractivity contribution in [3.05, 3.63) is 83.9 Å². The lowest BCUT2D eigenvalue weighted by atomic mass is 10.1. The molecule has 2 aliphatic rings. The molecule has 2 amide bonds. The SMILES string of the molecule is O=C(NC[C@H]1O[C@H]2C=CCO[C@H]2[C@@H]1OC(=O)NCc1ccccc1)OCc1ccccc1. The number of fused-ring (bicyclic) bond motifs is 1. The number of hydrogen-bond donors (Lipinski definition) is 2. The van der Waals surface area contributed by atoms with Crippen LogP contribution >= 0.6 is 0 Å². The summed E-state index contributed by atoms with van der Waals surface area (Å²) in [5, 5.41) is 5.43. The van der Waals surface area contributed by atoms with Crippen molar-refractivity contribution in [2.45, 2.75) is 37.6 Å². The standard InChI is InChI=1S/C24H26N2O6/c27-23(30-16-18-10-5-2-6-11-18)26-15-20-22(21-19(31-20)12-7-13-29-21)32-24(28)25-14-17-8-3-1-4-9-17/h1-12,19-22H,13-16H2,(H,25,28)(H,26,27)/t19-,20+,21+,22+/m0/s1. The van der Waals surface area contributed by atoms with Gasteiger partial charge in [0, 0.05) is 6.54 Å². The zero-order valence-electron chi connectivity index (χ0n) is 17.5. The minimum atomic E-state index is -0.671. The van der Waals surface area contributed by atoms with Crippen LogP contribution < -0.4 is 10.6 Å². The van der Waals surface area contributed by atoms with E-state index in [1.807, 2.05) is 72.8 Å². The van der Waals surface area contributed by atoms with Crippen LogP contribution in [-0.2, 0) is 32.1 Å². The van der Waals surface area contributed by atoms with Crippen LogP contribution in [0.3, 0.4) is 0 Å². The normalized spacial score (nSPS) is 23.8. The van der Waals surface area contributed by atoms with E-state index >= 15 is 0 Å². The Hall–Kier alpha value is -3.36. The van der Waals surface area contributed by atoms with Crippen molar-refractivity contribution < 1.29 is 28.5 Å². The molecule has 4 atom stereocenters. The predicted octanol–water partition coefficient (Wildman–Crippen LogP) is 2.93. The number of ether oxygens (including phenoxy) is 4. The van der Waals surface area contributed by atoms with Gasteiger partial charge in [0.15, 0.2) is 6.10 Å². The largest absolute Gasteiger partial charge is 0.445 e. The minimum absolute atomic E-state index is 0.119. The molecule has 0 bridgehead atoms. The highest BCUT2D eigenvalue weighted by Gasteiger charge is 2.47. The fourth-order valence-electron chi connectivity index (χ4n) is 3.66. The Bertz CT molecular complexity index is 921. The van der Waals surface area contributed by atoms with E-state index < -0.39 is 30.5 Å². The van der Waals surface area contributed by atoms with Gasteiger partial charge in [-0.15, -0.1) is 0 Å². The molecule has 2 N–H and O–H groups in total. The van der Waals surface area contributed by atoms with Gasteiger partial charge < -0.3 is 29.6 Å². The summed E-state index contributed by atoms with van der Waals surface area (Å²) in [6, 6.07) is 18.9. The third-order valence-corrected chi connectivity index (χ3v) is 5.24. The quantitative estimate of drug-likeness (QED) is 0.646. The van der Waals surface area contributed by atoms with Crippen molar-refractivity contribution in [1.82, 2.24) is 10.6 Å². The van der Waals surface area contributed by atoms with Gasteiger partial charge in [-0.3, -0.25) is 0 Å². The van der Waals surface area contributed by atoms with Crippen molar-refractivity contribution in [2.75, 3.05) is 13.2 Å². The molecule has 32 heavy (non-hydrogen) atoms. The van der Waals surface area contributed by atoms with Crippen LogP contribution in [0.4, 0.5) is 9.59 Å². The summed E-state index contributed by atoms with van der Waals surface area (Å²) in [6.07, 6.45) is 0.582. The lowest BCUT2D eigenvalue weighted by molar-refractivity contribution is -0.0281. The van der Waals surface area contributed by atoms with E-state index in [0.29, 0.717) is 13.2 Å². The maximum atomic E-state index is 12.4. The highest BCUT2D eigenvalue weighted by Crippen LogP contribution is 2.29. The molecule has 0 saturated carbocycles. The first-order valence-corrected chi connectivity index (χ1v) is 10.6. The number of amides is 2. The topological polar surface area (TPSA) is 95.1 Å². The van der Waals surface area contributed by atoms with Gasteiger partial charge in [0.25, 0.3) is 0 Å². The summed E-state index contributed by atoms with van der Waals surface area (Å²) in [7, 11) is 0. The van der Waals surface area contributed by atoms with Crippen molar-refractivity contribution in [2.24, 2.45) is 0 Å². The summed E-state index contributed by atoms with van der Waals surface area (Å²) in [4.78, 5) is 24.5. The first kappa shape index (κ1) is 21.9. The minimum Gasteiger partial charge on any atom is -0.445 e. The second-order valence-electron chi connectivity index (χ2n) is 7.52. The number of carbonyl (C=O) groups is 2. The second kappa shape index (κ2) is 10.8. The second-order valence-corrected chi connectivity index (χ2v) is 7.52. The lowest BCUT2D eigenvalue weighted by Crippen LogP contribution is -2.45. The molecule has 1 saturated heterocycles. The van der Waals surface area contributed by atoms with Crippen molar-refractivity contribution in [3.8, 4) is 0 Å². The molecular formula is C24H26N2O6. The molecule has 1 fully saturated rings. The van der Waals surface area contributed by atoms with E-state index in [1.54, 1.807) is 0 Å². The average Bonchev–Trinajstić information content (AvgIpc) is 3.18. The number of carbonyl (C=O) groups excluding carboxylic acids is 2. The molecular weight excluding hydrogens is 412 g/mol. The molecule has 0 aliphatic carbocycles. The Morgan fingerprint density at radius 3 is 2.41 bits per heavy atom. The van der Waals surface area contributed by atoms with Crippen LogP contribution in [0.15, 0.2) is 72.8 Å². The number of benzene rings is 2. The van der Waals surface area contributed by atoms with Crippen LogP contribution in [0.5, 0.6) is 0 Å². The molecule has 8 heteroatoms. The van der Waals surface area contributed by atoms with Gasteiger partial charge >= 0.3 is 12.2 Å². The van der Waals surface area contributed by atoms with Gasteiger partial charge in [0.2, 0.25) is 0 Å². The van der Waals surface area contributed by atoms with Crippen LogP contribution in [-0.4, -0.2) is 49.8 Å². The monoisotopic (exact) mass is 438 g/mol. The fourth-order valence-corrected chi connectivity index (χ4v) is 3.66. The number of hydrogen-bond acceptors (Lipinski definition) is 6. The van der Waals surface area contributed by atoms with Gasteiger partial charge in [0.1, 0.15) is 24.9 Å². The summed E-state index contributed by atoms with van der Waals surface area (Å²) in [5.74, 6) is 0. The number of rotatable bonds is 7. The van der Waals surface area contributed by atoms with Gasteiger partial charge in [-0.25, -0.2) is 9.59 Å². The molecule has 0 aromatic heterocycles. The Labute approximate surface area is 186 Å². The van der Waals surface area contributed by atoms with Gasteiger partial charge in [-0.05, 0) is 11.1 Å². The smallest absolute Gasteiger partial charge is 0.407 e. The first-order chi connectivity index (χ1) is 15.7. The first-order valence-electron chi connectivity index (χ1n) is 10.6. The summed E-state index contributed by atoms with van der Waals surface area (Å²) in [6.45, 7) is 1.04. The van der Waals surface area contributed by atoms with E-state index in [0.717, 1.165) is 11.1 Å². The third-order valence-electron chi connectivity index (χ3n) is 5.24. The van der Waals surface area contributed by atoms with Crippen LogP contribution in [0.25, 0.3) is 0 Å². The third kappa shape index (κ3) is 5.87. The van der Waals surface area contributed by atoms with Crippen LogP contribution in [0.1, 0.15) is 11.1 Å². The molecule has 0 spiro atoms. The van der Waals surface area contributed by atoms with Crippen LogP contribution in [0, 0.1) is 0 Å². The Balaban J connectivity index is 1.29. The van der Waals surface area contributed by atoms with E-state index in [2.05, 4.69) is 10.6 Å². The summed E-state index contributed by atoms with van der Waals surface area (Å²) in [5.41, 5.74) is 1.85. The molecule has 2 aromatic carbocycles. The van der Waals surface area contributed by atoms with E-state index in [1.165, 1.54) is 0 Å². The maximum Gasteiger partial charge on any atom is 0.407 e.